The van der Waals surface area contributed by atoms with Crippen molar-refractivity contribution < 1.29 is 0 Å². The second-order valence-electron chi connectivity index (χ2n) is 13.8. The lowest BCUT2D eigenvalue weighted by molar-refractivity contribution is 1.32. The van der Waals surface area contributed by atoms with Crippen molar-refractivity contribution in [1.29, 1.82) is 0 Å². The van der Waals surface area contributed by atoms with Gasteiger partial charge in [-0.15, -0.1) is 0 Å². The topological polar surface area (TPSA) is 25.8 Å². The van der Waals surface area contributed by atoms with E-state index in [0.717, 1.165) is 33.5 Å². The largest absolute Gasteiger partial charge is 0.264 e. The Morgan fingerprint density at radius 3 is 1.19 bits per heavy atom. The fourth-order valence-corrected chi connectivity index (χ4v) is 7.90. The third-order valence-electron chi connectivity index (χ3n) is 10.6. The van der Waals surface area contributed by atoms with E-state index in [1.54, 1.807) is 0 Å². The standard InChI is InChI=1S/C52H34N2/c1-2-20-48-46(18-1)47-19-3-4-21-49(47)51-33-41(23-24-50(48)51)39-15-8-13-37(28-39)35-11-7-12-36(27-35)38-14-9-16-40(29-38)43-30-44(42-17-10-25-53-34-42)32-45(31-43)52-22-5-6-26-54-52/h1-34H. The van der Waals surface area contributed by atoms with Gasteiger partial charge in [-0.25, -0.2) is 0 Å². The molecule has 10 rings (SSSR count). The van der Waals surface area contributed by atoms with Gasteiger partial charge < -0.3 is 0 Å². The molecule has 0 aliphatic heterocycles. The van der Waals surface area contributed by atoms with E-state index in [9.17, 15) is 0 Å². The molecule has 0 radical (unpaired) electrons. The Labute approximate surface area is 314 Å². The molecule has 54 heavy (non-hydrogen) atoms. The molecule has 2 heterocycles. The van der Waals surface area contributed by atoms with E-state index in [-0.39, 0.29) is 0 Å². The van der Waals surface area contributed by atoms with Gasteiger partial charge in [-0.3, -0.25) is 9.97 Å². The molecule has 0 N–H and O–H groups in total. The molecule has 0 unspecified atom stereocenters. The number of nitrogens with zero attached hydrogens (tertiary/aromatic N) is 2. The van der Waals surface area contributed by atoms with E-state index >= 15 is 0 Å². The van der Waals surface area contributed by atoms with Gasteiger partial charge in [0.05, 0.1) is 5.69 Å². The van der Waals surface area contributed by atoms with Gasteiger partial charge in [0.15, 0.2) is 0 Å². The van der Waals surface area contributed by atoms with Crippen LogP contribution in [0.2, 0.25) is 0 Å². The quantitative estimate of drug-likeness (QED) is 0.163. The zero-order valence-electron chi connectivity index (χ0n) is 29.5. The summed E-state index contributed by atoms with van der Waals surface area (Å²) in [6, 6.07) is 68.0. The average molecular weight is 687 g/mol. The van der Waals surface area contributed by atoms with Crippen LogP contribution in [0.3, 0.4) is 0 Å². The molecule has 0 saturated carbocycles. The summed E-state index contributed by atoms with van der Waals surface area (Å²) in [7, 11) is 0. The molecule has 0 saturated heterocycles. The predicted octanol–water partition coefficient (Wildman–Crippen LogP) is 13.9. The van der Waals surface area contributed by atoms with Crippen LogP contribution in [0.25, 0.3) is 99.2 Å². The molecule has 0 fully saturated rings. The van der Waals surface area contributed by atoms with E-state index in [4.69, 9.17) is 0 Å². The van der Waals surface area contributed by atoms with Crippen molar-refractivity contribution in [1.82, 2.24) is 9.97 Å². The summed E-state index contributed by atoms with van der Waals surface area (Å²) in [5.41, 5.74) is 13.7. The van der Waals surface area contributed by atoms with E-state index in [0.29, 0.717) is 0 Å². The Morgan fingerprint density at radius 2 is 0.667 bits per heavy atom. The van der Waals surface area contributed by atoms with Crippen LogP contribution in [0.1, 0.15) is 0 Å². The molecule has 0 spiro atoms. The molecule has 0 bridgehead atoms. The normalized spacial score (nSPS) is 11.3. The fraction of sp³-hybridized carbons (Fsp3) is 0. The first-order chi connectivity index (χ1) is 26.7. The molecule has 0 amide bonds. The fourth-order valence-electron chi connectivity index (χ4n) is 7.90. The van der Waals surface area contributed by atoms with Crippen molar-refractivity contribution in [2.75, 3.05) is 0 Å². The third-order valence-corrected chi connectivity index (χ3v) is 10.6. The molecule has 0 aliphatic carbocycles. The van der Waals surface area contributed by atoms with Crippen LogP contribution < -0.4 is 0 Å². The summed E-state index contributed by atoms with van der Waals surface area (Å²) in [4.78, 5) is 9.06. The van der Waals surface area contributed by atoms with Gasteiger partial charge in [-0.05, 0) is 143 Å². The summed E-state index contributed by atoms with van der Waals surface area (Å²) in [6.07, 6.45) is 5.58. The number of hydrogen-bond donors (Lipinski definition) is 0. The summed E-state index contributed by atoms with van der Waals surface area (Å²) >= 11 is 0. The van der Waals surface area contributed by atoms with Crippen LogP contribution in [-0.2, 0) is 0 Å². The molecular weight excluding hydrogens is 653 g/mol. The van der Waals surface area contributed by atoms with Gasteiger partial charge in [-0.2, -0.15) is 0 Å². The van der Waals surface area contributed by atoms with Crippen molar-refractivity contribution in [3.8, 4) is 66.9 Å². The molecule has 2 nitrogen and oxygen atoms in total. The molecule has 10 aromatic rings. The van der Waals surface area contributed by atoms with E-state index in [2.05, 4.69) is 180 Å². The van der Waals surface area contributed by atoms with Crippen molar-refractivity contribution in [2.24, 2.45) is 0 Å². The summed E-state index contributed by atoms with van der Waals surface area (Å²) in [6.45, 7) is 0. The number of rotatable bonds is 6. The Kier molecular flexibility index (Phi) is 7.85. The molecule has 8 aromatic carbocycles. The molecular formula is C52H34N2. The monoisotopic (exact) mass is 686 g/mol. The highest BCUT2D eigenvalue weighted by Gasteiger charge is 2.12. The number of benzene rings is 8. The average Bonchev–Trinajstić information content (AvgIpc) is 3.27. The van der Waals surface area contributed by atoms with E-state index in [1.807, 2.05) is 36.8 Å². The minimum atomic E-state index is 0.945. The van der Waals surface area contributed by atoms with Crippen molar-refractivity contribution >= 4 is 32.3 Å². The van der Waals surface area contributed by atoms with Gasteiger partial charge >= 0.3 is 0 Å². The Hall–Kier alpha value is -7.16. The van der Waals surface area contributed by atoms with Crippen molar-refractivity contribution in [3.63, 3.8) is 0 Å². The number of aromatic nitrogens is 2. The first-order valence-electron chi connectivity index (χ1n) is 18.4. The molecule has 252 valence electrons. The van der Waals surface area contributed by atoms with Gasteiger partial charge in [0.25, 0.3) is 0 Å². The third kappa shape index (κ3) is 5.81. The first-order valence-corrected chi connectivity index (χ1v) is 18.4. The lowest BCUT2D eigenvalue weighted by Crippen LogP contribution is -1.89. The molecule has 2 heteroatoms. The summed E-state index contributed by atoms with van der Waals surface area (Å²) in [5, 5.41) is 7.75. The first kappa shape index (κ1) is 31.6. The van der Waals surface area contributed by atoms with Crippen LogP contribution in [0.4, 0.5) is 0 Å². The van der Waals surface area contributed by atoms with Crippen LogP contribution >= 0.6 is 0 Å². The van der Waals surface area contributed by atoms with Crippen LogP contribution in [0.15, 0.2) is 207 Å². The van der Waals surface area contributed by atoms with Gasteiger partial charge in [0.1, 0.15) is 0 Å². The van der Waals surface area contributed by atoms with Crippen molar-refractivity contribution in [3.05, 3.63) is 207 Å². The Bertz CT molecular complexity index is 2890. The van der Waals surface area contributed by atoms with Gasteiger partial charge in [0.2, 0.25) is 0 Å². The SMILES string of the molecule is c1ccc(-c2cc(-c3cccnc3)cc(-c3cccc(-c4cccc(-c5cccc(-c6ccc7c8ccccc8c8ccccc8c7c6)c5)c4)c3)c2)nc1. The summed E-state index contributed by atoms with van der Waals surface area (Å²) < 4.78 is 0. The van der Waals surface area contributed by atoms with Crippen LogP contribution in [-0.4, -0.2) is 9.97 Å². The highest BCUT2D eigenvalue weighted by atomic mass is 14.7. The highest BCUT2D eigenvalue weighted by Crippen LogP contribution is 2.39. The van der Waals surface area contributed by atoms with Gasteiger partial charge in [-0.1, -0.05) is 127 Å². The van der Waals surface area contributed by atoms with Crippen LogP contribution in [0, 0.1) is 0 Å². The maximum absolute atomic E-state index is 4.67. The molecule has 0 atom stereocenters. The van der Waals surface area contributed by atoms with Gasteiger partial charge in [0, 0.05) is 29.7 Å². The van der Waals surface area contributed by atoms with Crippen molar-refractivity contribution in [2.45, 2.75) is 0 Å². The zero-order valence-corrected chi connectivity index (χ0v) is 29.5. The summed E-state index contributed by atoms with van der Waals surface area (Å²) in [5.74, 6) is 0. The highest BCUT2D eigenvalue weighted by molar-refractivity contribution is 6.25. The van der Waals surface area contributed by atoms with E-state index in [1.165, 1.54) is 65.7 Å². The number of pyridine rings is 2. The molecule has 2 aromatic heterocycles. The smallest absolute Gasteiger partial charge is 0.0702 e. The van der Waals surface area contributed by atoms with E-state index < -0.39 is 0 Å². The predicted molar refractivity (Wildman–Crippen MR) is 227 cm³/mol. The lowest BCUT2D eigenvalue weighted by Gasteiger charge is -2.13. The second-order valence-corrected chi connectivity index (χ2v) is 13.8. The minimum absolute atomic E-state index is 0.945. The minimum Gasteiger partial charge on any atom is -0.264 e. The lowest BCUT2D eigenvalue weighted by atomic mass is 9.91. The number of fused-ring (bicyclic) bond motifs is 6. The van der Waals surface area contributed by atoms with Crippen LogP contribution in [0.5, 0.6) is 0 Å². The maximum Gasteiger partial charge on any atom is 0.0702 e. The number of hydrogen-bond acceptors (Lipinski definition) is 2. The zero-order chi connectivity index (χ0) is 35.8. The molecule has 0 aliphatic rings. The second kappa shape index (κ2) is 13.4. The Balaban J connectivity index is 1.02. The maximum atomic E-state index is 4.67. The Morgan fingerprint density at radius 1 is 0.241 bits per heavy atom.